The molecular weight excluding hydrogens is 248 g/mol. The van der Waals surface area contributed by atoms with Crippen LogP contribution in [0.4, 0.5) is 0 Å². The van der Waals surface area contributed by atoms with Gasteiger partial charge in [-0.05, 0) is 33.2 Å². The van der Waals surface area contributed by atoms with Gasteiger partial charge < -0.3 is 15.2 Å². The summed E-state index contributed by atoms with van der Waals surface area (Å²) >= 11 is 0. The smallest absolute Gasteiger partial charge is 0.112 e. The van der Waals surface area contributed by atoms with Crippen molar-refractivity contribution in [1.82, 2.24) is 14.5 Å². The van der Waals surface area contributed by atoms with Gasteiger partial charge in [0.1, 0.15) is 5.82 Å². The van der Waals surface area contributed by atoms with Crippen LogP contribution in [0, 0.1) is 0 Å². The second-order valence-corrected chi connectivity index (χ2v) is 5.96. The standard InChI is InChI=1S/C13H24N4.ClH/c1-13(2,14)10-17-7-4-5-11(9-17)12-15-6-8-16(12)3;/h6,8,11H,4-5,7,9-10,14H2,1-3H3;1H. The van der Waals surface area contributed by atoms with Gasteiger partial charge in [0.05, 0.1) is 0 Å². The summed E-state index contributed by atoms with van der Waals surface area (Å²) in [6, 6.07) is 0. The molecule has 0 aliphatic carbocycles. The van der Waals surface area contributed by atoms with E-state index >= 15 is 0 Å². The number of likely N-dealkylation sites (tertiary alicyclic amines) is 1. The van der Waals surface area contributed by atoms with Crippen molar-refractivity contribution in [2.75, 3.05) is 19.6 Å². The van der Waals surface area contributed by atoms with Crippen molar-refractivity contribution in [3.63, 3.8) is 0 Å². The lowest BCUT2D eigenvalue weighted by atomic mass is 9.95. The first kappa shape index (κ1) is 15.5. The number of aryl methyl sites for hydroxylation is 1. The molecule has 1 aliphatic heterocycles. The maximum atomic E-state index is 6.10. The number of halogens is 1. The lowest BCUT2D eigenvalue weighted by Crippen LogP contribution is -2.48. The molecule has 1 saturated heterocycles. The van der Waals surface area contributed by atoms with Crippen molar-refractivity contribution in [3.05, 3.63) is 18.2 Å². The molecule has 4 nitrogen and oxygen atoms in total. The molecule has 2 heterocycles. The Labute approximate surface area is 116 Å². The fraction of sp³-hybridized carbons (Fsp3) is 0.769. The van der Waals surface area contributed by atoms with Gasteiger partial charge in [0, 0.05) is 44.0 Å². The second kappa shape index (κ2) is 6.04. The van der Waals surface area contributed by atoms with E-state index in [0.29, 0.717) is 5.92 Å². The first-order valence-corrected chi connectivity index (χ1v) is 6.44. The highest BCUT2D eigenvalue weighted by atomic mass is 35.5. The second-order valence-electron chi connectivity index (χ2n) is 5.96. The monoisotopic (exact) mass is 272 g/mol. The summed E-state index contributed by atoms with van der Waals surface area (Å²) in [7, 11) is 2.08. The van der Waals surface area contributed by atoms with Crippen LogP contribution < -0.4 is 5.73 Å². The number of piperidine rings is 1. The Kier molecular flexibility index (Phi) is 5.20. The fourth-order valence-corrected chi connectivity index (χ4v) is 2.76. The maximum absolute atomic E-state index is 6.10. The van der Waals surface area contributed by atoms with Crippen LogP contribution in [0.15, 0.2) is 12.4 Å². The molecule has 0 saturated carbocycles. The van der Waals surface area contributed by atoms with E-state index in [2.05, 4.69) is 35.3 Å². The van der Waals surface area contributed by atoms with Crippen molar-refractivity contribution in [1.29, 1.82) is 0 Å². The zero-order valence-corrected chi connectivity index (χ0v) is 12.4. The van der Waals surface area contributed by atoms with Crippen molar-refractivity contribution < 1.29 is 0 Å². The topological polar surface area (TPSA) is 47.1 Å². The van der Waals surface area contributed by atoms with Gasteiger partial charge >= 0.3 is 0 Å². The minimum Gasteiger partial charge on any atom is -0.338 e. The summed E-state index contributed by atoms with van der Waals surface area (Å²) in [5.41, 5.74) is 5.99. The van der Waals surface area contributed by atoms with Gasteiger partial charge in [-0.3, -0.25) is 0 Å². The number of nitrogens with two attached hydrogens (primary N) is 1. The average molecular weight is 273 g/mol. The largest absolute Gasteiger partial charge is 0.338 e. The lowest BCUT2D eigenvalue weighted by molar-refractivity contribution is 0.172. The van der Waals surface area contributed by atoms with Crippen LogP contribution in [0.5, 0.6) is 0 Å². The van der Waals surface area contributed by atoms with Crippen molar-refractivity contribution in [3.8, 4) is 0 Å². The Balaban J connectivity index is 0.00000162. The highest BCUT2D eigenvalue weighted by molar-refractivity contribution is 5.85. The van der Waals surface area contributed by atoms with E-state index in [1.165, 1.54) is 25.2 Å². The quantitative estimate of drug-likeness (QED) is 0.912. The normalized spacial score (nSPS) is 21.7. The SMILES string of the molecule is Cl.Cn1ccnc1C1CCCN(CC(C)(C)N)C1. The highest BCUT2D eigenvalue weighted by Crippen LogP contribution is 2.25. The predicted octanol–water partition coefficient (Wildman–Crippen LogP) is 1.76. The number of hydrogen-bond donors (Lipinski definition) is 1. The molecule has 5 heteroatoms. The van der Waals surface area contributed by atoms with Crippen molar-refractivity contribution >= 4 is 12.4 Å². The van der Waals surface area contributed by atoms with Crippen molar-refractivity contribution in [2.24, 2.45) is 12.8 Å². The summed E-state index contributed by atoms with van der Waals surface area (Å²) in [5, 5.41) is 0. The molecule has 1 aromatic heterocycles. The number of hydrogen-bond acceptors (Lipinski definition) is 3. The summed E-state index contributed by atoms with van der Waals surface area (Å²) in [6.45, 7) is 7.41. The zero-order chi connectivity index (χ0) is 12.5. The molecule has 1 atom stereocenters. The Hall–Kier alpha value is -0.580. The van der Waals surface area contributed by atoms with Crippen LogP contribution in [-0.4, -0.2) is 39.6 Å². The Morgan fingerprint density at radius 1 is 1.50 bits per heavy atom. The molecule has 0 spiro atoms. The van der Waals surface area contributed by atoms with Crippen LogP contribution >= 0.6 is 12.4 Å². The van der Waals surface area contributed by atoms with Gasteiger partial charge in [-0.15, -0.1) is 12.4 Å². The van der Waals surface area contributed by atoms with E-state index in [-0.39, 0.29) is 17.9 Å². The highest BCUT2D eigenvalue weighted by Gasteiger charge is 2.26. The molecular formula is C13H25ClN4. The van der Waals surface area contributed by atoms with Gasteiger partial charge in [-0.25, -0.2) is 4.98 Å². The third-order valence-corrected chi connectivity index (χ3v) is 3.36. The van der Waals surface area contributed by atoms with Gasteiger partial charge in [-0.1, -0.05) is 0 Å². The molecule has 1 unspecified atom stereocenters. The summed E-state index contributed by atoms with van der Waals surface area (Å²) in [6.07, 6.45) is 6.41. The molecule has 18 heavy (non-hydrogen) atoms. The third kappa shape index (κ3) is 3.97. The third-order valence-electron chi connectivity index (χ3n) is 3.36. The predicted molar refractivity (Wildman–Crippen MR) is 77.1 cm³/mol. The van der Waals surface area contributed by atoms with Crippen LogP contribution in [0.2, 0.25) is 0 Å². The molecule has 1 fully saturated rings. The van der Waals surface area contributed by atoms with E-state index in [1.54, 1.807) is 0 Å². The molecule has 1 aliphatic rings. The molecule has 0 radical (unpaired) electrons. The van der Waals surface area contributed by atoms with E-state index in [9.17, 15) is 0 Å². The van der Waals surface area contributed by atoms with Crippen LogP contribution in [-0.2, 0) is 7.05 Å². The molecule has 104 valence electrons. The van der Waals surface area contributed by atoms with Crippen molar-refractivity contribution in [2.45, 2.75) is 38.1 Å². The number of aromatic nitrogens is 2. The Bertz CT molecular complexity index is 369. The van der Waals surface area contributed by atoms with E-state index in [4.69, 9.17) is 5.73 Å². The minimum absolute atomic E-state index is 0. The first-order valence-electron chi connectivity index (χ1n) is 6.44. The summed E-state index contributed by atoms with van der Waals surface area (Å²) in [5.74, 6) is 1.77. The Morgan fingerprint density at radius 3 is 2.78 bits per heavy atom. The number of imidazole rings is 1. The van der Waals surface area contributed by atoms with Crippen LogP contribution in [0.3, 0.4) is 0 Å². The summed E-state index contributed by atoms with van der Waals surface area (Å²) in [4.78, 5) is 6.95. The molecule has 0 amide bonds. The van der Waals surface area contributed by atoms with Gasteiger partial charge in [0.25, 0.3) is 0 Å². The Morgan fingerprint density at radius 2 is 2.22 bits per heavy atom. The molecule has 2 N–H and O–H groups in total. The maximum Gasteiger partial charge on any atom is 0.112 e. The number of rotatable bonds is 3. The number of nitrogens with zero attached hydrogens (tertiary/aromatic N) is 3. The van der Waals surface area contributed by atoms with Crippen LogP contribution in [0.25, 0.3) is 0 Å². The average Bonchev–Trinajstić information content (AvgIpc) is 2.62. The molecule has 0 aromatic carbocycles. The van der Waals surface area contributed by atoms with E-state index in [0.717, 1.165) is 13.1 Å². The van der Waals surface area contributed by atoms with Crippen LogP contribution in [0.1, 0.15) is 38.4 Å². The van der Waals surface area contributed by atoms with E-state index in [1.807, 2.05) is 12.4 Å². The van der Waals surface area contributed by atoms with E-state index < -0.39 is 0 Å². The fourth-order valence-electron chi connectivity index (χ4n) is 2.76. The minimum atomic E-state index is -0.108. The molecule has 2 rings (SSSR count). The van der Waals surface area contributed by atoms with Gasteiger partial charge in [0.15, 0.2) is 0 Å². The first-order chi connectivity index (χ1) is 7.96. The summed E-state index contributed by atoms with van der Waals surface area (Å²) < 4.78 is 2.14. The van der Waals surface area contributed by atoms with Gasteiger partial charge in [-0.2, -0.15) is 0 Å². The molecule has 1 aromatic rings. The van der Waals surface area contributed by atoms with Gasteiger partial charge in [0.2, 0.25) is 0 Å². The lowest BCUT2D eigenvalue weighted by Gasteiger charge is -2.36. The zero-order valence-electron chi connectivity index (χ0n) is 11.6. The molecule has 0 bridgehead atoms.